The van der Waals surface area contributed by atoms with E-state index in [0.29, 0.717) is 5.57 Å². The number of nitrogens with one attached hydrogen (secondary N) is 1. The Hall–Kier alpha value is -2.61. The van der Waals surface area contributed by atoms with E-state index in [1.807, 2.05) is 18.2 Å². The van der Waals surface area contributed by atoms with Crippen molar-refractivity contribution in [2.75, 3.05) is 0 Å². The van der Waals surface area contributed by atoms with E-state index in [1.165, 1.54) is 18.0 Å². The summed E-state index contributed by atoms with van der Waals surface area (Å²) in [5, 5.41) is 7.42. The van der Waals surface area contributed by atoms with E-state index in [2.05, 4.69) is 44.7 Å². The van der Waals surface area contributed by atoms with E-state index < -0.39 is 0 Å². The van der Waals surface area contributed by atoms with Crippen molar-refractivity contribution in [2.24, 2.45) is 5.73 Å². The predicted molar refractivity (Wildman–Crippen MR) is 91.4 cm³/mol. The van der Waals surface area contributed by atoms with E-state index in [0.717, 1.165) is 27.8 Å². The van der Waals surface area contributed by atoms with Gasteiger partial charge in [0.15, 0.2) is 0 Å². The topological polar surface area (TPSA) is 49.9 Å². The molecule has 2 aromatic carbocycles. The minimum atomic E-state index is 0.702. The molecule has 0 bridgehead atoms. The molecule has 0 atom stereocenters. The molecule has 0 saturated heterocycles. The van der Waals surface area contributed by atoms with Crippen LogP contribution in [0.5, 0.6) is 0 Å². The van der Waals surface area contributed by atoms with Crippen LogP contribution in [-0.4, -0.2) is 6.21 Å². The number of allylic oxidation sites excluding steroid dienone is 1. The van der Waals surface area contributed by atoms with Crippen molar-refractivity contribution >= 4 is 17.4 Å². The minimum Gasteiger partial charge on any atom is -0.404 e. The Morgan fingerprint density at radius 2 is 1.67 bits per heavy atom. The standard InChI is InChI=1S/C19H20N2/c1-13-4-7-16(8-5-13)15(3)19-10-17(9-6-14(19)2)18(11-20)12-21/h4-12,20H,3,21H2,1-2H3/b18-12+,20-11?. The summed E-state index contributed by atoms with van der Waals surface area (Å²) in [6.45, 7) is 8.36. The Bertz CT molecular complexity index is 707. The Morgan fingerprint density at radius 1 is 1.05 bits per heavy atom. The lowest BCUT2D eigenvalue weighted by atomic mass is 9.92. The summed E-state index contributed by atoms with van der Waals surface area (Å²) in [7, 11) is 0. The normalized spacial score (nSPS) is 11.2. The Balaban J connectivity index is 2.48. The molecule has 0 aliphatic rings. The van der Waals surface area contributed by atoms with Crippen LogP contribution in [-0.2, 0) is 0 Å². The summed E-state index contributed by atoms with van der Waals surface area (Å²) in [4.78, 5) is 0. The van der Waals surface area contributed by atoms with Crippen molar-refractivity contribution in [1.82, 2.24) is 0 Å². The molecule has 0 spiro atoms. The van der Waals surface area contributed by atoms with Gasteiger partial charge in [-0.2, -0.15) is 0 Å². The maximum absolute atomic E-state index is 7.42. The van der Waals surface area contributed by atoms with Crippen LogP contribution >= 0.6 is 0 Å². The molecule has 0 aliphatic carbocycles. The quantitative estimate of drug-likeness (QED) is 0.803. The van der Waals surface area contributed by atoms with Crippen LogP contribution in [0.25, 0.3) is 11.1 Å². The van der Waals surface area contributed by atoms with E-state index in [9.17, 15) is 0 Å². The number of aryl methyl sites for hydroxylation is 2. The lowest BCUT2D eigenvalue weighted by Gasteiger charge is -2.12. The smallest absolute Gasteiger partial charge is 0.0270 e. The van der Waals surface area contributed by atoms with Gasteiger partial charge in [-0.1, -0.05) is 48.5 Å². The second-order valence-electron chi connectivity index (χ2n) is 5.14. The van der Waals surface area contributed by atoms with Crippen molar-refractivity contribution < 1.29 is 0 Å². The van der Waals surface area contributed by atoms with Gasteiger partial charge < -0.3 is 11.1 Å². The fraction of sp³-hybridized carbons (Fsp3) is 0.105. The maximum atomic E-state index is 7.42. The summed E-state index contributed by atoms with van der Waals surface area (Å²) in [6.07, 6.45) is 2.72. The maximum Gasteiger partial charge on any atom is 0.0270 e. The first-order valence-electron chi connectivity index (χ1n) is 6.86. The van der Waals surface area contributed by atoms with E-state index in [1.54, 1.807) is 0 Å². The molecular weight excluding hydrogens is 256 g/mol. The Labute approximate surface area is 126 Å². The molecule has 0 heterocycles. The SMILES string of the molecule is C=C(c1ccc(C)cc1)c1cc(/C(C=N)=C/N)ccc1C. The summed E-state index contributed by atoms with van der Waals surface area (Å²) < 4.78 is 0. The third-order valence-corrected chi connectivity index (χ3v) is 3.63. The monoisotopic (exact) mass is 276 g/mol. The molecule has 0 aliphatic heterocycles. The highest BCUT2D eigenvalue weighted by atomic mass is 14.5. The molecule has 0 aromatic heterocycles. The van der Waals surface area contributed by atoms with Gasteiger partial charge in [-0.3, -0.25) is 0 Å². The minimum absolute atomic E-state index is 0.702. The predicted octanol–water partition coefficient (Wildman–Crippen LogP) is 4.31. The first-order chi connectivity index (χ1) is 10.1. The molecule has 0 unspecified atom stereocenters. The number of rotatable bonds is 4. The van der Waals surface area contributed by atoms with Gasteiger partial charge in [-0.25, -0.2) is 0 Å². The van der Waals surface area contributed by atoms with Crippen molar-refractivity contribution in [2.45, 2.75) is 13.8 Å². The van der Waals surface area contributed by atoms with Crippen molar-refractivity contribution in [1.29, 1.82) is 5.41 Å². The van der Waals surface area contributed by atoms with Crippen molar-refractivity contribution in [3.63, 3.8) is 0 Å². The van der Waals surface area contributed by atoms with Crippen molar-refractivity contribution in [3.05, 3.63) is 83.1 Å². The van der Waals surface area contributed by atoms with E-state index in [4.69, 9.17) is 11.1 Å². The van der Waals surface area contributed by atoms with Gasteiger partial charge in [-0.05, 0) is 47.7 Å². The zero-order valence-corrected chi connectivity index (χ0v) is 12.5. The van der Waals surface area contributed by atoms with Gasteiger partial charge in [-0.15, -0.1) is 0 Å². The first-order valence-corrected chi connectivity index (χ1v) is 6.86. The molecule has 2 heteroatoms. The molecule has 0 saturated carbocycles. The van der Waals surface area contributed by atoms with Crippen LogP contribution < -0.4 is 5.73 Å². The summed E-state index contributed by atoms with van der Waals surface area (Å²) in [6, 6.07) is 14.4. The van der Waals surface area contributed by atoms with Gasteiger partial charge in [0.1, 0.15) is 0 Å². The fourth-order valence-electron chi connectivity index (χ4n) is 2.26. The molecule has 2 rings (SSSR count). The number of benzene rings is 2. The summed E-state index contributed by atoms with van der Waals surface area (Å²) >= 11 is 0. The highest BCUT2D eigenvalue weighted by molar-refractivity contribution is 6.08. The van der Waals surface area contributed by atoms with Crippen LogP contribution in [0.4, 0.5) is 0 Å². The second kappa shape index (κ2) is 6.23. The Morgan fingerprint density at radius 3 is 2.24 bits per heavy atom. The van der Waals surface area contributed by atoms with Gasteiger partial charge in [0.2, 0.25) is 0 Å². The fourth-order valence-corrected chi connectivity index (χ4v) is 2.26. The summed E-state index contributed by atoms with van der Waals surface area (Å²) in [5.41, 5.74) is 12.8. The third-order valence-electron chi connectivity index (χ3n) is 3.63. The van der Waals surface area contributed by atoms with Gasteiger partial charge >= 0.3 is 0 Å². The summed E-state index contributed by atoms with van der Waals surface area (Å²) in [5.74, 6) is 0. The second-order valence-corrected chi connectivity index (χ2v) is 5.14. The molecule has 0 fully saturated rings. The van der Waals surface area contributed by atoms with Crippen LogP contribution in [0.15, 0.2) is 55.2 Å². The first kappa shape index (κ1) is 14.8. The number of hydrogen-bond acceptors (Lipinski definition) is 2. The van der Waals surface area contributed by atoms with Gasteiger partial charge in [0, 0.05) is 18.0 Å². The molecule has 0 radical (unpaired) electrons. The van der Waals surface area contributed by atoms with Crippen molar-refractivity contribution in [3.8, 4) is 0 Å². The van der Waals surface area contributed by atoms with E-state index >= 15 is 0 Å². The zero-order chi connectivity index (χ0) is 15.4. The molecule has 0 amide bonds. The molecular formula is C19H20N2. The van der Waals surface area contributed by atoms with Gasteiger partial charge in [0.05, 0.1) is 0 Å². The Kier molecular flexibility index (Phi) is 4.39. The average Bonchev–Trinajstić information content (AvgIpc) is 2.50. The van der Waals surface area contributed by atoms with Crippen LogP contribution in [0.2, 0.25) is 0 Å². The lowest BCUT2D eigenvalue weighted by molar-refractivity contribution is 1.39. The largest absolute Gasteiger partial charge is 0.404 e. The highest BCUT2D eigenvalue weighted by Crippen LogP contribution is 2.27. The number of hydrogen-bond donors (Lipinski definition) is 2. The lowest BCUT2D eigenvalue weighted by Crippen LogP contribution is -1.95. The molecule has 3 N–H and O–H groups in total. The number of nitrogens with two attached hydrogens (primary N) is 1. The van der Waals surface area contributed by atoms with Crippen LogP contribution in [0, 0.1) is 19.3 Å². The molecule has 106 valence electrons. The average molecular weight is 276 g/mol. The highest BCUT2D eigenvalue weighted by Gasteiger charge is 2.08. The van der Waals surface area contributed by atoms with Gasteiger partial charge in [0.25, 0.3) is 0 Å². The zero-order valence-electron chi connectivity index (χ0n) is 12.5. The third kappa shape index (κ3) is 3.11. The molecule has 2 aromatic rings. The molecule has 2 nitrogen and oxygen atoms in total. The molecule has 21 heavy (non-hydrogen) atoms. The van der Waals surface area contributed by atoms with Crippen LogP contribution in [0.3, 0.4) is 0 Å². The van der Waals surface area contributed by atoms with Crippen LogP contribution in [0.1, 0.15) is 27.8 Å². The van der Waals surface area contributed by atoms with E-state index in [-0.39, 0.29) is 0 Å².